The highest BCUT2D eigenvalue weighted by Gasteiger charge is 2.27. The fourth-order valence-corrected chi connectivity index (χ4v) is 3.89. The van der Waals surface area contributed by atoms with E-state index in [4.69, 9.17) is 0 Å². The Morgan fingerprint density at radius 3 is 2.10 bits per heavy atom. The summed E-state index contributed by atoms with van der Waals surface area (Å²) in [6, 6.07) is 0.0917. The molecule has 1 N–H and O–H groups in total. The number of amides is 1. The Morgan fingerprint density at radius 1 is 1.14 bits per heavy atom. The van der Waals surface area contributed by atoms with Gasteiger partial charge in [-0.25, -0.2) is 8.42 Å². The molecule has 1 rings (SSSR count). The first-order valence-corrected chi connectivity index (χ1v) is 9.72. The van der Waals surface area contributed by atoms with Gasteiger partial charge in [0.1, 0.15) is 0 Å². The van der Waals surface area contributed by atoms with E-state index in [0.717, 1.165) is 25.7 Å². The van der Waals surface area contributed by atoms with Crippen molar-refractivity contribution in [1.82, 2.24) is 9.62 Å². The second-order valence-electron chi connectivity index (χ2n) is 7.02. The third kappa shape index (κ3) is 6.34. The van der Waals surface area contributed by atoms with Gasteiger partial charge in [0, 0.05) is 24.5 Å². The van der Waals surface area contributed by atoms with Gasteiger partial charge in [-0.05, 0) is 12.8 Å². The topological polar surface area (TPSA) is 66.5 Å². The number of carbonyl (C=O) groups is 1. The minimum Gasteiger partial charge on any atom is -0.354 e. The van der Waals surface area contributed by atoms with Gasteiger partial charge in [0.05, 0.1) is 6.26 Å². The van der Waals surface area contributed by atoms with Crippen LogP contribution in [0.15, 0.2) is 0 Å². The molecule has 0 radical (unpaired) electrons. The van der Waals surface area contributed by atoms with E-state index in [1.165, 1.54) is 19.1 Å². The fraction of sp³-hybridized carbons (Fsp3) is 0.933. The number of hydrogen-bond donors (Lipinski definition) is 1. The zero-order valence-electron chi connectivity index (χ0n) is 13.8. The van der Waals surface area contributed by atoms with Crippen molar-refractivity contribution in [3.05, 3.63) is 0 Å². The van der Waals surface area contributed by atoms with Crippen molar-refractivity contribution in [1.29, 1.82) is 0 Å². The predicted molar refractivity (Wildman–Crippen MR) is 85.5 cm³/mol. The number of nitrogens with zero attached hydrogens (tertiary/aromatic N) is 1. The summed E-state index contributed by atoms with van der Waals surface area (Å²) in [5.41, 5.74) is -0.446. The Bertz CT molecular complexity index is 432. The van der Waals surface area contributed by atoms with E-state index in [9.17, 15) is 13.2 Å². The van der Waals surface area contributed by atoms with E-state index in [1.54, 1.807) is 4.31 Å². The van der Waals surface area contributed by atoms with Crippen LogP contribution in [-0.2, 0) is 14.8 Å². The van der Waals surface area contributed by atoms with Gasteiger partial charge in [0.25, 0.3) is 0 Å². The molecule has 0 heterocycles. The molecule has 0 saturated heterocycles. The molecule has 0 aromatic carbocycles. The van der Waals surface area contributed by atoms with Gasteiger partial charge in [0.2, 0.25) is 15.9 Å². The van der Waals surface area contributed by atoms with Crippen molar-refractivity contribution in [2.45, 2.75) is 65.3 Å². The van der Waals surface area contributed by atoms with Gasteiger partial charge < -0.3 is 5.32 Å². The molecule has 1 aliphatic carbocycles. The summed E-state index contributed by atoms with van der Waals surface area (Å²) >= 11 is 0. The molecule has 0 bridgehead atoms. The van der Waals surface area contributed by atoms with Crippen molar-refractivity contribution in [2.75, 3.05) is 19.3 Å². The molecule has 0 aromatic heterocycles. The molecule has 6 heteroatoms. The highest BCUT2D eigenvalue weighted by Crippen LogP contribution is 2.23. The number of rotatable bonds is 5. The lowest BCUT2D eigenvalue weighted by molar-refractivity contribution is -0.128. The van der Waals surface area contributed by atoms with Gasteiger partial charge in [-0.2, -0.15) is 4.31 Å². The van der Waals surface area contributed by atoms with E-state index in [-0.39, 0.29) is 11.9 Å². The number of carbonyl (C=O) groups excluding carboxylic acids is 1. The van der Waals surface area contributed by atoms with E-state index >= 15 is 0 Å². The lowest BCUT2D eigenvalue weighted by Gasteiger charge is -2.29. The van der Waals surface area contributed by atoms with Crippen LogP contribution in [0.3, 0.4) is 0 Å². The summed E-state index contributed by atoms with van der Waals surface area (Å²) < 4.78 is 25.6. The van der Waals surface area contributed by atoms with Crippen LogP contribution in [0.25, 0.3) is 0 Å². The van der Waals surface area contributed by atoms with Crippen molar-refractivity contribution in [3.63, 3.8) is 0 Å². The van der Waals surface area contributed by atoms with Crippen LogP contribution in [-0.4, -0.2) is 44.0 Å². The van der Waals surface area contributed by atoms with Crippen molar-refractivity contribution < 1.29 is 13.2 Å². The quantitative estimate of drug-likeness (QED) is 0.790. The van der Waals surface area contributed by atoms with Crippen LogP contribution in [0.4, 0.5) is 0 Å². The van der Waals surface area contributed by atoms with Crippen LogP contribution in [0.5, 0.6) is 0 Å². The standard InChI is InChI=1S/C15H30N2O3S/c1-15(2,3)14(18)16-11-12-17(21(4,19)20)13-9-7-5-6-8-10-13/h13H,5-12H2,1-4H3,(H,16,18). The third-order valence-corrected chi connectivity index (χ3v) is 5.29. The summed E-state index contributed by atoms with van der Waals surface area (Å²) in [7, 11) is -3.23. The van der Waals surface area contributed by atoms with Crippen molar-refractivity contribution >= 4 is 15.9 Å². The molecule has 0 aromatic rings. The molecular formula is C15H30N2O3S. The maximum Gasteiger partial charge on any atom is 0.225 e. The van der Waals surface area contributed by atoms with Gasteiger partial charge >= 0.3 is 0 Å². The molecule has 0 aliphatic heterocycles. The summed E-state index contributed by atoms with van der Waals surface area (Å²) in [4.78, 5) is 11.8. The Labute approximate surface area is 129 Å². The average molecular weight is 318 g/mol. The maximum absolute atomic E-state index is 12.0. The second-order valence-corrected chi connectivity index (χ2v) is 8.96. The highest BCUT2D eigenvalue weighted by atomic mass is 32.2. The zero-order valence-corrected chi connectivity index (χ0v) is 14.6. The number of nitrogens with one attached hydrogen (secondary N) is 1. The van der Waals surface area contributed by atoms with Gasteiger partial charge in [0.15, 0.2) is 0 Å². The smallest absolute Gasteiger partial charge is 0.225 e. The SMILES string of the molecule is CC(C)(C)C(=O)NCCN(C1CCCCCC1)S(C)(=O)=O. The Balaban J connectivity index is 2.61. The fourth-order valence-electron chi connectivity index (χ4n) is 2.71. The lowest BCUT2D eigenvalue weighted by atomic mass is 9.96. The molecule has 1 fully saturated rings. The summed E-state index contributed by atoms with van der Waals surface area (Å²) in [5, 5.41) is 2.83. The molecule has 0 atom stereocenters. The molecule has 5 nitrogen and oxygen atoms in total. The molecule has 0 unspecified atom stereocenters. The monoisotopic (exact) mass is 318 g/mol. The maximum atomic E-state index is 12.0. The van der Waals surface area contributed by atoms with Crippen LogP contribution < -0.4 is 5.32 Å². The molecule has 1 saturated carbocycles. The van der Waals surface area contributed by atoms with Crippen molar-refractivity contribution in [3.8, 4) is 0 Å². The van der Waals surface area contributed by atoms with Crippen LogP contribution >= 0.6 is 0 Å². The van der Waals surface area contributed by atoms with Crippen LogP contribution in [0, 0.1) is 5.41 Å². The first-order chi connectivity index (χ1) is 9.62. The third-order valence-electron chi connectivity index (χ3n) is 3.96. The summed E-state index contributed by atoms with van der Waals surface area (Å²) in [6.07, 6.45) is 7.68. The van der Waals surface area contributed by atoms with Gasteiger partial charge in [-0.3, -0.25) is 4.79 Å². The minimum absolute atomic E-state index is 0.0446. The summed E-state index contributed by atoms with van der Waals surface area (Å²) in [6.45, 7) is 6.29. The first-order valence-electron chi connectivity index (χ1n) is 7.87. The number of sulfonamides is 1. The van der Waals surface area contributed by atoms with E-state index in [1.807, 2.05) is 20.8 Å². The van der Waals surface area contributed by atoms with E-state index in [0.29, 0.717) is 13.1 Å². The predicted octanol–water partition coefficient (Wildman–Crippen LogP) is 2.13. The first kappa shape index (κ1) is 18.4. The normalized spacial score (nSPS) is 18.5. The largest absolute Gasteiger partial charge is 0.354 e. The lowest BCUT2D eigenvalue weighted by Crippen LogP contribution is -2.45. The molecule has 1 amide bonds. The molecule has 21 heavy (non-hydrogen) atoms. The van der Waals surface area contributed by atoms with Gasteiger partial charge in [-0.15, -0.1) is 0 Å². The molecule has 124 valence electrons. The molecule has 0 spiro atoms. The Hall–Kier alpha value is -0.620. The summed E-state index contributed by atoms with van der Waals surface area (Å²) in [5.74, 6) is -0.0446. The zero-order chi connectivity index (χ0) is 16.1. The second kappa shape index (κ2) is 7.58. The Kier molecular flexibility index (Phi) is 6.66. The van der Waals surface area contributed by atoms with E-state index < -0.39 is 15.4 Å². The molecule has 1 aliphatic rings. The van der Waals surface area contributed by atoms with Crippen LogP contribution in [0.2, 0.25) is 0 Å². The number of hydrogen-bond acceptors (Lipinski definition) is 3. The molecular weight excluding hydrogens is 288 g/mol. The minimum atomic E-state index is -3.23. The van der Waals surface area contributed by atoms with Crippen LogP contribution in [0.1, 0.15) is 59.3 Å². The van der Waals surface area contributed by atoms with Crippen molar-refractivity contribution in [2.24, 2.45) is 5.41 Å². The van der Waals surface area contributed by atoms with E-state index in [2.05, 4.69) is 5.32 Å². The highest BCUT2D eigenvalue weighted by molar-refractivity contribution is 7.88. The average Bonchev–Trinajstić information content (AvgIpc) is 2.60. The van der Waals surface area contributed by atoms with Gasteiger partial charge in [-0.1, -0.05) is 46.5 Å². The Morgan fingerprint density at radius 2 is 1.67 bits per heavy atom.